The van der Waals surface area contributed by atoms with Gasteiger partial charge < -0.3 is 5.32 Å². The number of amides is 1. The minimum Gasteiger partial charge on any atom is -0.345 e. The van der Waals surface area contributed by atoms with Crippen molar-refractivity contribution in [3.63, 3.8) is 0 Å². The predicted octanol–water partition coefficient (Wildman–Crippen LogP) is 1.40. The highest BCUT2D eigenvalue weighted by atomic mass is 19.4. The standard InChI is InChI=1S/C15H11F4N5O2/c16-9-1-3-10(4-2-9)24-13-11(5-22-24)14(26)23(8-21-13)6-12(25)20-7-15(17,18)19/h1-5,8H,6-7H2,(H,20,25). The van der Waals surface area contributed by atoms with E-state index in [2.05, 4.69) is 10.1 Å². The topological polar surface area (TPSA) is 81.8 Å². The summed E-state index contributed by atoms with van der Waals surface area (Å²) in [5.41, 5.74) is 0.00745. The van der Waals surface area contributed by atoms with Crippen LogP contribution in [0.15, 0.2) is 41.6 Å². The summed E-state index contributed by atoms with van der Waals surface area (Å²) in [4.78, 5) is 28.0. The van der Waals surface area contributed by atoms with Crippen LogP contribution in [0.2, 0.25) is 0 Å². The number of hydrogen-bond acceptors (Lipinski definition) is 4. The van der Waals surface area contributed by atoms with E-state index in [1.54, 1.807) is 5.32 Å². The van der Waals surface area contributed by atoms with Gasteiger partial charge in [0.25, 0.3) is 5.56 Å². The molecule has 0 atom stereocenters. The highest BCUT2D eigenvalue weighted by molar-refractivity contribution is 5.77. The number of carbonyl (C=O) groups is 1. The normalized spacial score (nSPS) is 11.7. The van der Waals surface area contributed by atoms with Crippen molar-refractivity contribution in [2.24, 2.45) is 0 Å². The Morgan fingerprint density at radius 2 is 1.88 bits per heavy atom. The first-order chi connectivity index (χ1) is 12.2. The summed E-state index contributed by atoms with van der Waals surface area (Å²) in [7, 11) is 0. The van der Waals surface area contributed by atoms with Crippen LogP contribution in [0.3, 0.4) is 0 Å². The highest BCUT2D eigenvalue weighted by Gasteiger charge is 2.27. The van der Waals surface area contributed by atoms with Gasteiger partial charge in [0.15, 0.2) is 5.65 Å². The molecule has 136 valence electrons. The van der Waals surface area contributed by atoms with E-state index in [9.17, 15) is 27.2 Å². The van der Waals surface area contributed by atoms with Crippen molar-refractivity contribution in [1.29, 1.82) is 0 Å². The molecular formula is C15H11F4N5O2. The Morgan fingerprint density at radius 3 is 2.54 bits per heavy atom. The number of rotatable bonds is 4. The molecule has 0 fully saturated rings. The van der Waals surface area contributed by atoms with Crippen LogP contribution in [-0.4, -0.2) is 38.0 Å². The minimum atomic E-state index is -4.54. The second-order valence-corrected chi connectivity index (χ2v) is 5.34. The van der Waals surface area contributed by atoms with E-state index in [0.29, 0.717) is 5.69 Å². The van der Waals surface area contributed by atoms with Crippen LogP contribution in [0.4, 0.5) is 17.6 Å². The SMILES string of the molecule is O=C(Cn1cnc2c(cnn2-c2ccc(F)cc2)c1=O)NCC(F)(F)F. The fourth-order valence-corrected chi connectivity index (χ4v) is 2.24. The lowest BCUT2D eigenvalue weighted by Gasteiger charge is -2.09. The zero-order valence-electron chi connectivity index (χ0n) is 13.0. The Hall–Kier alpha value is -3.24. The molecule has 0 aliphatic rings. The average molecular weight is 369 g/mol. The maximum Gasteiger partial charge on any atom is 0.405 e. The fourth-order valence-electron chi connectivity index (χ4n) is 2.24. The molecule has 7 nitrogen and oxygen atoms in total. The van der Waals surface area contributed by atoms with Crippen LogP contribution in [0.5, 0.6) is 0 Å². The van der Waals surface area contributed by atoms with E-state index in [1.807, 2.05) is 0 Å². The highest BCUT2D eigenvalue weighted by Crippen LogP contribution is 2.14. The van der Waals surface area contributed by atoms with E-state index < -0.39 is 36.5 Å². The number of benzene rings is 1. The van der Waals surface area contributed by atoms with Gasteiger partial charge in [-0.05, 0) is 24.3 Å². The predicted molar refractivity (Wildman–Crippen MR) is 82.1 cm³/mol. The molecular weight excluding hydrogens is 358 g/mol. The van der Waals surface area contributed by atoms with Gasteiger partial charge >= 0.3 is 6.18 Å². The number of alkyl halides is 3. The molecule has 0 aliphatic heterocycles. The van der Waals surface area contributed by atoms with Crippen molar-refractivity contribution in [2.75, 3.05) is 6.54 Å². The molecule has 0 radical (unpaired) electrons. The van der Waals surface area contributed by atoms with Crippen molar-refractivity contribution in [1.82, 2.24) is 24.6 Å². The summed E-state index contributed by atoms with van der Waals surface area (Å²) in [5.74, 6) is -1.41. The van der Waals surface area contributed by atoms with E-state index in [0.717, 1.165) is 10.9 Å². The van der Waals surface area contributed by atoms with Gasteiger partial charge in [-0.25, -0.2) is 14.1 Å². The summed E-state index contributed by atoms with van der Waals surface area (Å²) < 4.78 is 51.5. The van der Waals surface area contributed by atoms with E-state index in [-0.39, 0.29) is 11.0 Å². The molecule has 0 spiro atoms. The Morgan fingerprint density at radius 1 is 1.19 bits per heavy atom. The van der Waals surface area contributed by atoms with Crippen LogP contribution in [0.1, 0.15) is 0 Å². The number of nitrogens with one attached hydrogen (secondary N) is 1. The molecule has 0 saturated carbocycles. The third-order valence-corrected chi connectivity index (χ3v) is 3.43. The van der Waals surface area contributed by atoms with Crippen LogP contribution in [-0.2, 0) is 11.3 Å². The Kier molecular flexibility index (Phi) is 4.45. The zero-order chi connectivity index (χ0) is 18.9. The van der Waals surface area contributed by atoms with Crippen molar-refractivity contribution in [2.45, 2.75) is 12.7 Å². The first-order valence-corrected chi connectivity index (χ1v) is 7.27. The molecule has 0 bridgehead atoms. The van der Waals surface area contributed by atoms with Gasteiger partial charge in [-0.2, -0.15) is 18.3 Å². The molecule has 3 rings (SSSR count). The quantitative estimate of drug-likeness (QED) is 0.705. The van der Waals surface area contributed by atoms with Crippen molar-refractivity contribution in [3.8, 4) is 5.69 Å². The lowest BCUT2D eigenvalue weighted by atomic mass is 10.3. The van der Waals surface area contributed by atoms with E-state index in [4.69, 9.17) is 0 Å². The average Bonchev–Trinajstić information content (AvgIpc) is 3.00. The Labute approximate surface area is 142 Å². The molecule has 0 unspecified atom stereocenters. The van der Waals surface area contributed by atoms with E-state index in [1.165, 1.54) is 35.1 Å². The monoisotopic (exact) mass is 369 g/mol. The van der Waals surface area contributed by atoms with Gasteiger partial charge in [-0.15, -0.1) is 0 Å². The molecule has 2 aromatic heterocycles. The number of halogens is 4. The molecule has 2 heterocycles. The van der Waals surface area contributed by atoms with Gasteiger partial charge in [-0.1, -0.05) is 0 Å². The first-order valence-electron chi connectivity index (χ1n) is 7.27. The van der Waals surface area contributed by atoms with Gasteiger partial charge in [0.05, 0.1) is 11.9 Å². The molecule has 3 aromatic rings. The molecule has 11 heteroatoms. The number of hydrogen-bond donors (Lipinski definition) is 1. The zero-order valence-corrected chi connectivity index (χ0v) is 13.0. The van der Waals surface area contributed by atoms with Gasteiger partial charge in [0.1, 0.15) is 30.6 Å². The second-order valence-electron chi connectivity index (χ2n) is 5.34. The Bertz CT molecular complexity index is 1010. The summed E-state index contributed by atoms with van der Waals surface area (Å²) in [5, 5.41) is 5.76. The van der Waals surface area contributed by atoms with Gasteiger partial charge in [-0.3, -0.25) is 14.2 Å². The number of aromatic nitrogens is 4. The van der Waals surface area contributed by atoms with Crippen LogP contribution in [0.25, 0.3) is 16.7 Å². The third kappa shape index (κ3) is 3.71. The minimum absolute atomic E-state index is 0.0699. The van der Waals surface area contributed by atoms with E-state index >= 15 is 0 Å². The lowest BCUT2D eigenvalue weighted by molar-refractivity contribution is -0.138. The molecule has 0 aliphatic carbocycles. The van der Waals surface area contributed by atoms with Crippen LogP contribution in [0, 0.1) is 5.82 Å². The second kappa shape index (κ2) is 6.58. The van der Waals surface area contributed by atoms with Crippen molar-refractivity contribution in [3.05, 3.63) is 53.0 Å². The summed E-state index contributed by atoms with van der Waals surface area (Å²) in [6.45, 7) is -2.10. The summed E-state index contributed by atoms with van der Waals surface area (Å²) in [6, 6.07) is 5.32. The maximum absolute atomic E-state index is 13.0. The van der Waals surface area contributed by atoms with Crippen molar-refractivity contribution < 1.29 is 22.4 Å². The molecule has 26 heavy (non-hydrogen) atoms. The molecule has 1 amide bonds. The van der Waals surface area contributed by atoms with Gasteiger partial charge in [0.2, 0.25) is 5.91 Å². The number of fused-ring (bicyclic) bond motifs is 1. The Balaban J connectivity index is 1.87. The maximum atomic E-state index is 13.0. The molecule has 0 saturated heterocycles. The summed E-state index contributed by atoms with van der Waals surface area (Å²) in [6.07, 6.45) is -2.28. The number of carbonyl (C=O) groups excluding carboxylic acids is 1. The number of nitrogens with zero attached hydrogens (tertiary/aromatic N) is 4. The molecule has 1 N–H and O–H groups in total. The van der Waals surface area contributed by atoms with Crippen LogP contribution >= 0.6 is 0 Å². The largest absolute Gasteiger partial charge is 0.405 e. The lowest BCUT2D eigenvalue weighted by Crippen LogP contribution is -2.37. The smallest absolute Gasteiger partial charge is 0.345 e. The first kappa shape index (κ1) is 17.6. The molecule has 1 aromatic carbocycles. The summed E-state index contributed by atoms with van der Waals surface area (Å²) >= 11 is 0. The fraction of sp³-hybridized carbons (Fsp3) is 0.200. The van der Waals surface area contributed by atoms with Crippen molar-refractivity contribution >= 4 is 16.9 Å². The van der Waals surface area contributed by atoms with Crippen LogP contribution < -0.4 is 10.9 Å². The third-order valence-electron chi connectivity index (χ3n) is 3.43. The van der Waals surface area contributed by atoms with Gasteiger partial charge in [0, 0.05) is 0 Å².